The molecule has 2 aromatic heterocycles. The molecule has 7 nitrogen and oxygen atoms in total. The number of fused-ring (bicyclic) bond motifs is 1. The van der Waals surface area contributed by atoms with Crippen molar-refractivity contribution in [3.63, 3.8) is 0 Å². The van der Waals surface area contributed by atoms with Crippen molar-refractivity contribution in [2.45, 2.75) is 13.8 Å². The molecule has 0 saturated heterocycles. The lowest BCUT2D eigenvalue weighted by Crippen LogP contribution is -2.21. The maximum Gasteiger partial charge on any atom is 0.348 e. The summed E-state index contributed by atoms with van der Waals surface area (Å²) in [6.45, 7) is 5.76. The average molecular weight is 338 g/mol. The molecular weight excluding hydrogens is 320 g/mol. The van der Waals surface area contributed by atoms with Crippen molar-refractivity contribution in [2.24, 2.45) is 4.99 Å². The molecular formula is C18H18N4O3. The Morgan fingerprint density at radius 3 is 2.64 bits per heavy atom. The van der Waals surface area contributed by atoms with Crippen LogP contribution in [-0.2, 0) is 0 Å². The Morgan fingerprint density at radius 1 is 1.24 bits per heavy atom. The Labute approximate surface area is 144 Å². The van der Waals surface area contributed by atoms with Gasteiger partial charge in [-0.3, -0.25) is 0 Å². The zero-order valence-corrected chi connectivity index (χ0v) is 14.0. The second-order valence-corrected chi connectivity index (χ2v) is 5.31. The Morgan fingerprint density at radius 2 is 1.96 bits per heavy atom. The number of nitrogens with zero attached hydrogens (tertiary/aromatic N) is 4. The fraction of sp³-hybridized carbons (Fsp3) is 0.222. The molecule has 0 aliphatic heterocycles. The first-order chi connectivity index (χ1) is 12.1. The monoisotopic (exact) mass is 338 g/mol. The molecule has 25 heavy (non-hydrogen) atoms. The number of rotatable bonds is 5. The van der Waals surface area contributed by atoms with Gasteiger partial charge in [0.1, 0.15) is 16.9 Å². The number of aliphatic imine (C=N–C) groups is 1. The smallest absolute Gasteiger partial charge is 0.348 e. The van der Waals surface area contributed by atoms with Crippen LogP contribution >= 0.6 is 0 Å². The summed E-state index contributed by atoms with van der Waals surface area (Å²) in [6, 6.07) is 7.03. The highest BCUT2D eigenvalue weighted by molar-refractivity contribution is 5.95. The molecule has 0 saturated carbocycles. The van der Waals surface area contributed by atoms with Crippen LogP contribution in [0.3, 0.4) is 0 Å². The molecule has 0 fully saturated rings. The molecule has 1 N–H and O–H groups in total. The van der Waals surface area contributed by atoms with Gasteiger partial charge in [0.25, 0.3) is 0 Å². The zero-order valence-electron chi connectivity index (χ0n) is 14.0. The fourth-order valence-electron chi connectivity index (χ4n) is 2.57. The minimum Gasteiger partial charge on any atom is -0.506 e. The number of aromatic hydroxyl groups is 1. The van der Waals surface area contributed by atoms with Crippen LogP contribution in [0.2, 0.25) is 0 Å². The third-order valence-corrected chi connectivity index (χ3v) is 3.89. The van der Waals surface area contributed by atoms with Gasteiger partial charge in [0.2, 0.25) is 5.95 Å². The summed E-state index contributed by atoms with van der Waals surface area (Å²) >= 11 is 0. The third kappa shape index (κ3) is 3.35. The van der Waals surface area contributed by atoms with Crippen LogP contribution in [0.15, 0.2) is 50.9 Å². The summed E-state index contributed by atoms with van der Waals surface area (Å²) in [4.78, 5) is 26.2. The fourth-order valence-corrected chi connectivity index (χ4v) is 2.57. The standard InChI is InChI=1S/C18H18N4O3/c1-3-22(4-2)12-6-7-13-15(10-12)25-17(24)14(16(13)23)11-21-18-19-8-5-9-20-18/h5-11,23H,3-4H2,1-2H3/b21-11+. The van der Waals surface area contributed by atoms with Crippen LogP contribution in [0.1, 0.15) is 19.4 Å². The van der Waals surface area contributed by atoms with Gasteiger partial charge in [-0.25, -0.2) is 19.8 Å². The summed E-state index contributed by atoms with van der Waals surface area (Å²) in [6.07, 6.45) is 4.29. The lowest BCUT2D eigenvalue weighted by molar-refractivity contribution is 0.466. The Hall–Kier alpha value is -3.22. The van der Waals surface area contributed by atoms with Gasteiger partial charge in [0.05, 0.1) is 5.39 Å². The Kier molecular flexibility index (Phi) is 4.74. The van der Waals surface area contributed by atoms with Crippen molar-refractivity contribution in [2.75, 3.05) is 18.0 Å². The van der Waals surface area contributed by atoms with Gasteiger partial charge in [-0.1, -0.05) is 0 Å². The van der Waals surface area contributed by atoms with Crippen LogP contribution in [0.5, 0.6) is 5.75 Å². The van der Waals surface area contributed by atoms with Gasteiger partial charge in [0.15, 0.2) is 0 Å². The highest BCUT2D eigenvalue weighted by Crippen LogP contribution is 2.29. The van der Waals surface area contributed by atoms with E-state index in [9.17, 15) is 9.90 Å². The first-order valence-electron chi connectivity index (χ1n) is 8.00. The number of hydrogen-bond donors (Lipinski definition) is 1. The minimum absolute atomic E-state index is 0.0319. The molecule has 0 atom stereocenters. The summed E-state index contributed by atoms with van der Waals surface area (Å²) in [5.41, 5.74) is 0.566. The molecule has 128 valence electrons. The van der Waals surface area contributed by atoms with E-state index < -0.39 is 5.63 Å². The molecule has 0 aliphatic rings. The van der Waals surface area contributed by atoms with Crippen molar-refractivity contribution in [1.29, 1.82) is 0 Å². The van der Waals surface area contributed by atoms with E-state index in [0.29, 0.717) is 11.0 Å². The molecule has 0 aliphatic carbocycles. The highest BCUT2D eigenvalue weighted by Gasteiger charge is 2.14. The van der Waals surface area contributed by atoms with Gasteiger partial charge in [-0.2, -0.15) is 0 Å². The molecule has 0 radical (unpaired) electrons. The predicted molar refractivity (Wildman–Crippen MR) is 97.0 cm³/mol. The van der Waals surface area contributed by atoms with E-state index in [1.165, 1.54) is 18.6 Å². The molecule has 0 unspecified atom stereocenters. The number of anilines is 1. The molecule has 2 heterocycles. The normalized spacial score (nSPS) is 11.3. The van der Waals surface area contributed by atoms with E-state index >= 15 is 0 Å². The van der Waals surface area contributed by atoms with Gasteiger partial charge in [-0.15, -0.1) is 0 Å². The van der Waals surface area contributed by atoms with Crippen LogP contribution in [0.4, 0.5) is 11.6 Å². The van der Waals surface area contributed by atoms with Crippen molar-refractivity contribution in [1.82, 2.24) is 9.97 Å². The molecule has 0 spiro atoms. The van der Waals surface area contributed by atoms with Crippen LogP contribution in [0.25, 0.3) is 11.0 Å². The Balaban J connectivity index is 2.06. The molecule has 0 amide bonds. The molecule has 3 aromatic rings. The third-order valence-electron chi connectivity index (χ3n) is 3.89. The first kappa shape index (κ1) is 16.6. The van der Waals surface area contributed by atoms with E-state index in [0.717, 1.165) is 18.8 Å². The Bertz CT molecular complexity index is 963. The van der Waals surface area contributed by atoms with Gasteiger partial charge < -0.3 is 14.4 Å². The maximum absolute atomic E-state index is 12.2. The van der Waals surface area contributed by atoms with E-state index in [4.69, 9.17) is 4.42 Å². The van der Waals surface area contributed by atoms with E-state index in [1.54, 1.807) is 18.2 Å². The summed E-state index contributed by atoms with van der Waals surface area (Å²) < 4.78 is 5.37. The van der Waals surface area contributed by atoms with Crippen molar-refractivity contribution in [3.05, 3.63) is 52.6 Å². The SMILES string of the molecule is CCN(CC)c1ccc2c(O)c(/C=N/c3ncccn3)c(=O)oc2c1. The zero-order chi connectivity index (χ0) is 17.8. The molecule has 1 aromatic carbocycles. The molecule has 7 heteroatoms. The van der Waals surface area contributed by atoms with Gasteiger partial charge in [0, 0.05) is 43.5 Å². The largest absolute Gasteiger partial charge is 0.506 e. The highest BCUT2D eigenvalue weighted by atomic mass is 16.4. The quantitative estimate of drug-likeness (QED) is 0.568. The number of benzene rings is 1. The van der Waals surface area contributed by atoms with Gasteiger partial charge >= 0.3 is 5.63 Å². The lowest BCUT2D eigenvalue weighted by atomic mass is 10.1. The van der Waals surface area contributed by atoms with Gasteiger partial charge in [-0.05, 0) is 32.0 Å². The number of hydrogen-bond acceptors (Lipinski definition) is 7. The summed E-state index contributed by atoms with van der Waals surface area (Å²) in [5.74, 6) is 0.0234. The van der Waals surface area contributed by atoms with Crippen LogP contribution in [-0.4, -0.2) is 34.4 Å². The van der Waals surface area contributed by atoms with Crippen molar-refractivity contribution >= 4 is 28.8 Å². The lowest BCUT2D eigenvalue weighted by Gasteiger charge is -2.21. The van der Waals surface area contributed by atoms with E-state index in [2.05, 4.69) is 19.9 Å². The topological polar surface area (TPSA) is 91.8 Å². The van der Waals surface area contributed by atoms with E-state index in [-0.39, 0.29) is 17.3 Å². The second kappa shape index (κ2) is 7.12. The number of aromatic nitrogens is 2. The molecule has 3 rings (SSSR count). The summed E-state index contributed by atoms with van der Waals surface area (Å²) in [5, 5.41) is 10.9. The maximum atomic E-state index is 12.2. The van der Waals surface area contributed by atoms with Crippen molar-refractivity contribution < 1.29 is 9.52 Å². The average Bonchev–Trinajstić information content (AvgIpc) is 2.63. The van der Waals surface area contributed by atoms with E-state index in [1.807, 2.05) is 19.9 Å². The first-order valence-corrected chi connectivity index (χ1v) is 8.00. The minimum atomic E-state index is -0.665. The summed E-state index contributed by atoms with van der Waals surface area (Å²) in [7, 11) is 0. The van der Waals surface area contributed by atoms with Crippen LogP contribution in [0, 0.1) is 0 Å². The molecule has 0 bridgehead atoms. The van der Waals surface area contributed by atoms with Crippen molar-refractivity contribution in [3.8, 4) is 5.75 Å². The second-order valence-electron chi connectivity index (χ2n) is 5.31. The predicted octanol–water partition coefficient (Wildman–Crippen LogP) is 2.89. The van der Waals surface area contributed by atoms with Crippen LogP contribution < -0.4 is 10.5 Å².